The number of carbonyl (C=O) groups is 1. The molecule has 5 rings (SSSR count). The number of hydrogen-bond acceptors (Lipinski definition) is 5. The van der Waals surface area contributed by atoms with Gasteiger partial charge in [0.05, 0.1) is 24.9 Å². The number of ether oxygens (including phenoxy) is 1. The standard InChI is InChI=1S/C21H28N4O.C2HF3O2/c1-2-5-17(6-3-1)14-26-15-20-21-19(11-12-24(20)18-7-4-8-18)25(23-22-21)13-16-9-10-16;3-2(4,5)1(6)7/h1-3,5-6,16,18,20H,4,7-15H2;(H,6,7). The van der Waals surface area contributed by atoms with E-state index in [1.54, 1.807) is 0 Å². The summed E-state index contributed by atoms with van der Waals surface area (Å²) < 4.78 is 40.1. The van der Waals surface area contributed by atoms with Crippen molar-refractivity contribution in [2.45, 2.75) is 69.9 Å². The van der Waals surface area contributed by atoms with E-state index in [-0.39, 0.29) is 6.04 Å². The molecule has 2 heterocycles. The molecule has 0 bridgehead atoms. The summed E-state index contributed by atoms with van der Waals surface area (Å²) in [5, 5.41) is 16.3. The molecule has 0 saturated heterocycles. The molecule has 7 nitrogen and oxygen atoms in total. The fourth-order valence-electron chi connectivity index (χ4n) is 4.29. The third kappa shape index (κ3) is 6.11. The van der Waals surface area contributed by atoms with Gasteiger partial charge in [-0.2, -0.15) is 13.2 Å². The van der Waals surface area contributed by atoms with Crippen LogP contribution in [0.4, 0.5) is 13.2 Å². The summed E-state index contributed by atoms with van der Waals surface area (Å²) in [6.45, 7) is 3.56. The summed E-state index contributed by atoms with van der Waals surface area (Å²) in [6.07, 6.45) is 2.71. The molecule has 33 heavy (non-hydrogen) atoms. The summed E-state index contributed by atoms with van der Waals surface area (Å²) in [6, 6.07) is 11.4. The van der Waals surface area contributed by atoms with Crippen LogP contribution in [0.2, 0.25) is 0 Å². The summed E-state index contributed by atoms with van der Waals surface area (Å²) in [5.74, 6) is -1.93. The monoisotopic (exact) mass is 466 g/mol. The molecule has 1 aliphatic heterocycles. The first-order valence-corrected chi connectivity index (χ1v) is 11.4. The normalized spacial score (nSPS) is 21.0. The van der Waals surface area contributed by atoms with Gasteiger partial charge in [0, 0.05) is 25.6 Å². The quantitative estimate of drug-likeness (QED) is 0.665. The molecule has 3 aliphatic rings. The molecule has 180 valence electrons. The zero-order chi connectivity index (χ0) is 23.4. The number of fused-ring (bicyclic) bond motifs is 1. The van der Waals surface area contributed by atoms with Gasteiger partial charge in [-0.3, -0.25) is 4.90 Å². The van der Waals surface area contributed by atoms with E-state index in [0.29, 0.717) is 19.3 Å². The van der Waals surface area contributed by atoms with Gasteiger partial charge in [-0.05, 0) is 37.2 Å². The number of carboxylic acids is 1. The number of aliphatic carboxylic acids is 1. The summed E-state index contributed by atoms with van der Waals surface area (Å²) in [7, 11) is 0. The van der Waals surface area contributed by atoms with Crippen LogP contribution in [0.3, 0.4) is 0 Å². The van der Waals surface area contributed by atoms with Crippen LogP contribution in [0.15, 0.2) is 30.3 Å². The van der Waals surface area contributed by atoms with Crippen molar-refractivity contribution < 1.29 is 27.8 Å². The van der Waals surface area contributed by atoms with E-state index in [9.17, 15) is 13.2 Å². The lowest BCUT2D eigenvalue weighted by molar-refractivity contribution is -0.192. The van der Waals surface area contributed by atoms with E-state index in [2.05, 4.69) is 44.2 Å². The fourth-order valence-corrected chi connectivity index (χ4v) is 4.29. The summed E-state index contributed by atoms with van der Waals surface area (Å²) in [4.78, 5) is 11.5. The van der Waals surface area contributed by atoms with E-state index in [4.69, 9.17) is 14.6 Å². The van der Waals surface area contributed by atoms with E-state index in [0.717, 1.165) is 25.4 Å². The van der Waals surface area contributed by atoms with Crippen LogP contribution >= 0.6 is 0 Å². The van der Waals surface area contributed by atoms with Gasteiger partial charge in [-0.25, -0.2) is 9.48 Å². The topological polar surface area (TPSA) is 80.5 Å². The lowest BCUT2D eigenvalue weighted by Gasteiger charge is -2.44. The number of hydrogen-bond donors (Lipinski definition) is 1. The van der Waals surface area contributed by atoms with Gasteiger partial charge in [0.15, 0.2) is 0 Å². The SMILES string of the molecule is O=C(O)C(F)(F)F.c1ccc(COCC2c3nnn(CC4CC4)c3CCN2C2CCC2)cc1. The predicted octanol–water partition coefficient (Wildman–Crippen LogP) is 3.99. The van der Waals surface area contributed by atoms with Crippen molar-refractivity contribution in [3.05, 3.63) is 47.3 Å². The Morgan fingerprint density at radius 2 is 1.85 bits per heavy atom. The van der Waals surface area contributed by atoms with Crippen molar-refractivity contribution in [1.82, 2.24) is 19.9 Å². The minimum absolute atomic E-state index is 0.265. The number of nitrogens with zero attached hydrogens (tertiary/aromatic N) is 4. The van der Waals surface area contributed by atoms with Crippen molar-refractivity contribution in [2.24, 2.45) is 5.92 Å². The molecular formula is C23H29F3N4O3. The highest BCUT2D eigenvalue weighted by molar-refractivity contribution is 5.73. The molecule has 10 heteroatoms. The fraction of sp³-hybridized carbons (Fsp3) is 0.609. The lowest BCUT2D eigenvalue weighted by atomic mass is 9.88. The van der Waals surface area contributed by atoms with Crippen LogP contribution < -0.4 is 0 Å². The van der Waals surface area contributed by atoms with Crippen molar-refractivity contribution in [1.29, 1.82) is 0 Å². The number of benzene rings is 1. The Balaban J connectivity index is 0.000000325. The van der Waals surface area contributed by atoms with Crippen LogP contribution in [-0.2, 0) is 29.1 Å². The Labute approximate surface area is 190 Å². The number of halogens is 3. The first kappa shape index (κ1) is 23.7. The second kappa shape index (κ2) is 10.2. The molecule has 2 aromatic rings. The number of carboxylic acid groups (broad SMARTS) is 1. The molecule has 2 fully saturated rings. The van der Waals surface area contributed by atoms with E-state index in [1.807, 2.05) is 6.07 Å². The highest BCUT2D eigenvalue weighted by Gasteiger charge is 2.39. The summed E-state index contributed by atoms with van der Waals surface area (Å²) in [5.41, 5.74) is 3.77. The third-order valence-electron chi connectivity index (χ3n) is 6.49. The van der Waals surface area contributed by atoms with Gasteiger partial charge in [0.25, 0.3) is 0 Å². The van der Waals surface area contributed by atoms with Crippen molar-refractivity contribution >= 4 is 5.97 Å². The predicted molar refractivity (Wildman–Crippen MR) is 113 cm³/mol. The van der Waals surface area contributed by atoms with Crippen LogP contribution in [0.1, 0.15) is 55.1 Å². The highest BCUT2D eigenvalue weighted by Crippen LogP contribution is 2.37. The minimum Gasteiger partial charge on any atom is -0.475 e. The highest BCUT2D eigenvalue weighted by atomic mass is 19.4. The van der Waals surface area contributed by atoms with Crippen LogP contribution in [-0.4, -0.2) is 56.3 Å². The lowest BCUT2D eigenvalue weighted by Crippen LogP contribution is -2.47. The Kier molecular flexibility index (Phi) is 7.33. The van der Waals surface area contributed by atoms with Gasteiger partial charge in [-0.1, -0.05) is 42.0 Å². The molecule has 1 N–H and O–H groups in total. The number of alkyl halides is 3. The second-order valence-corrected chi connectivity index (χ2v) is 8.94. The van der Waals surface area contributed by atoms with E-state index in [1.165, 1.54) is 49.1 Å². The van der Waals surface area contributed by atoms with Crippen molar-refractivity contribution in [3.8, 4) is 0 Å². The molecule has 0 spiro atoms. The van der Waals surface area contributed by atoms with Crippen LogP contribution in [0.25, 0.3) is 0 Å². The maximum Gasteiger partial charge on any atom is 0.490 e. The van der Waals surface area contributed by atoms with Gasteiger partial charge in [-0.15, -0.1) is 5.10 Å². The number of aromatic nitrogens is 3. The molecule has 2 saturated carbocycles. The average molecular weight is 467 g/mol. The first-order chi connectivity index (χ1) is 15.8. The van der Waals surface area contributed by atoms with Gasteiger partial charge in [0.2, 0.25) is 0 Å². The number of rotatable bonds is 7. The molecule has 1 unspecified atom stereocenters. The Bertz CT molecular complexity index is 927. The molecule has 2 aliphatic carbocycles. The Hall–Kier alpha value is -2.46. The molecule has 1 aromatic heterocycles. The van der Waals surface area contributed by atoms with Crippen LogP contribution in [0, 0.1) is 5.92 Å². The van der Waals surface area contributed by atoms with Crippen molar-refractivity contribution in [3.63, 3.8) is 0 Å². The summed E-state index contributed by atoms with van der Waals surface area (Å²) >= 11 is 0. The maximum atomic E-state index is 10.6. The third-order valence-corrected chi connectivity index (χ3v) is 6.49. The zero-order valence-corrected chi connectivity index (χ0v) is 18.4. The average Bonchev–Trinajstić information content (AvgIpc) is 3.47. The Morgan fingerprint density at radius 1 is 1.15 bits per heavy atom. The van der Waals surface area contributed by atoms with Gasteiger partial charge < -0.3 is 9.84 Å². The van der Waals surface area contributed by atoms with Gasteiger partial charge in [0.1, 0.15) is 5.69 Å². The molecule has 0 amide bonds. The minimum atomic E-state index is -5.08. The molecule has 1 aromatic carbocycles. The molecule has 1 atom stereocenters. The van der Waals surface area contributed by atoms with E-state index >= 15 is 0 Å². The largest absolute Gasteiger partial charge is 0.490 e. The smallest absolute Gasteiger partial charge is 0.475 e. The van der Waals surface area contributed by atoms with E-state index < -0.39 is 12.1 Å². The van der Waals surface area contributed by atoms with Crippen molar-refractivity contribution in [2.75, 3.05) is 13.2 Å². The molecular weight excluding hydrogens is 437 g/mol. The van der Waals surface area contributed by atoms with Gasteiger partial charge >= 0.3 is 12.1 Å². The van der Waals surface area contributed by atoms with Crippen LogP contribution in [0.5, 0.6) is 0 Å². The maximum absolute atomic E-state index is 10.6. The zero-order valence-electron chi connectivity index (χ0n) is 18.4. The molecule has 0 radical (unpaired) electrons. The first-order valence-electron chi connectivity index (χ1n) is 11.4. The second-order valence-electron chi connectivity index (χ2n) is 8.94. The Morgan fingerprint density at radius 3 is 2.42 bits per heavy atom.